The highest BCUT2D eigenvalue weighted by atomic mass is 32.1. The predicted octanol–water partition coefficient (Wildman–Crippen LogP) is 3.50. The quantitative estimate of drug-likeness (QED) is 0.858. The highest BCUT2D eigenvalue weighted by Gasteiger charge is 2.33. The highest BCUT2D eigenvalue weighted by Crippen LogP contribution is 2.31. The molecule has 1 amide bonds. The first-order valence-corrected chi connectivity index (χ1v) is 7.47. The van der Waals surface area contributed by atoms with Gasteiger partial charge in [0.15, 0.2) is 5.69 Å². The Kier molecular flexibility index (Phi) is 4.52. The molecular formula is C12H11F3N2O2S2. The monoisotopic (exact) mass is 336 g/mol. The Morgan fingerprint density at radius 2 is 2.14 bits per heavy atom. The lowest BCUT2D eigenvalue weighted by Gasteiger charge is -2.15. The number of thiophene rings is 1. The van der Waals surface area contributed by atoms with E-state index in [0.717, 1.165) is 16.7 Å². The van der Waals surface area contributed by atoms with Crippen molar-refractivity contribution in [3.63, 3.8) is 0 Å². The molecule has 0 saturated carbocycles. The molecule has 0 aromatic carbocycles. The van der Waals surface area contributed by atoms with Gasteiger partial charge in [0.25, 0.3) is 5.91 Å². The fourth-order valence-electron chi connectivity index (χ4n) is 1.58. The van der Waals surface area contributed by atoms with Gasteiger partial charge >= 0.3 is 6.18 Å². The van der Waals surface area contributed by atoms with Crippen molar-refractivity contribution in [3.8, 4) is 5.75 Å². The highest BCUT2D eigenvalue weighted by molar-refractivity contribution is 7.12. The number of amides is 1. The Bertz CT molecular complexity index is 636. The van der Waals surface area contributed by atoms with Crippen LogP contribution >= 0.6 is 22.7 Å². The van der Waals surface area contributed by atoms with Gasteiger partial charge < -0.3 is 9.64 Å². The van der Waals surface area contributed by atoms with E-state index in [2.05, 4.69) is 4.98 Å². The first kappa shape index (κ1) is 15.8. The largest absolute Gasteiger partial charge is 0.495 e. The van der Waals surface area contributed by atoms with E-state index in [1.807, 2.05) is 0 Å². The molecule has 2 heterocycles. The lowest BCUT2D eigenvalue weighted by atomic mass is 10.3. The minimum Gasteiger partial charge on any atom is -0.495 e. The van der Waals surface area contributed by atoms with Crippen molar-refractivity contribution in [2.75, 3.05) is 14.2 Å². The number of nitrogens with zero attached hydrogens (tertiary/aromatic N) is 2. The van der Waals surface area contributed by atoms with Crippen LogP contribution in [0.5, 0.6) is 5.75 Å². The maximum absolute atomic E-state index is 12.5. The summed E-state index contributed by atoms with van der Waals surface area (Å²) in [5.41, 5.74) is -0.933. The van der Waals surface area contributed by atoms with Crippen LogP contribution in [0.1, 0.15) is 20.4 Å². The third kappa shape index (κ3) is 3.53. The van der Waals surface area contributed by atoms with Crippen LogP contribution in [0.15, 0.2) is 16.8 Å². The molecule has 2 aromatic heterocycles. The van der Waals surface area contributed by atoms with Crippen molar-refractivity contribution < 1.29 is 22.7 Å². The summed E-state index contributed by atoms with van der Waals surface area (Å²) in [7, 11) is 2.96. The maximum Gasteiger partial charge on any atom is 0.434 e. The third-order valence-corrected chi connectivity index (χ3v) is 4.32. The molecule has 0 N–H and O–H groups in total. The molecule has 4 nitrogen and oxygen atoms in total. The molecule has 0 aliphatic heterocycles. The fourth-order valence-corrected chi connectivity index (χ4v) is 3.28. The van der Waals surface area contributed by atoms with Gasteiger partial charge in [-0.25, -0.2) is 4.98 Å². The summed E-state index contributed by atoms with van der Waals surface area (Å²) in [6, 6.07) is 1.66. The van der Waals surface area contributed by atoms with Gasteiger partial charge in [-0.1, -0.05) is 0 Å². The van der Waals surface area contributed by atoms with E-state index < -0.39 is 11.9 Å². The summed E-state index contributed by atoms with van der Waals surface area (Å²) in [6.07, 6.45) is -4.46. The number of halogens is 3. The zero-order chi connectivity index (χ0) is 15.6. The lowest BCUT2D eigenvalue weighted by Crippen LogP contribution is -2.25. The third-order valence-electron chi connectivity index (χ3n) is 2.60. The number of thiazole rings is 1. The fraction of sp³-hybridized carbons (Fsp3) is 0.333. The predicted molar refractivity (Wildman–Crippen MR) is 73.8 cm³/mol. The summed E-state index contributed by atoms with van der Waals surface area (Å²) in [6.45, 7) is 0.0145. The Hall–Kier alpha value is -1.61. The molecular weight excluding hydrogens is 325 g/mol. The van der Waals surface area contributed by atoms with Gasteiger partial charge in [-0.3, -0.25) is 4.79 Å². The number of aromatic nitrogens is 1. The normalized spacial score (nSPS) is 11.5. The number of methoxy groups -OCH3 is 1. The van der Waals surface area contributed by atoms with Crippen molar-refractivity contribution in [1.29, 1.82) is 0 Å². The molecule has 0 fully saturated rings. The molecule has 2 aromatic rings. The standard InChI is InChI=1S/C12H11F3N2O2S2/c1-17(11(18)10-7(19-2)3-4-20-10)5-9-16-8(6-21-9)12(13,14)15/h3-4,6H,5H2,1-2H3. The zero-order valence-electron chi connectivity index (χ0n) is 11.1. The van der Waals surface area contributed by atoms with Crippen LogP contribution in [0.25, 0.3) is 0 Å². The van der Waals surface area contributed by atoms with Crippen LogP contribution in [0.2, 0.25) is 0 Å². The van der Waals surface area contributed by atoms with Gasteiger partial charge in [0.2, 0.25) is 0 Å². The van der Waals surface area contributed by atoms with E-state index in [9.17, 15) is 18.0 Å². The van der Waals surface area contributed by atoms with Gasteiger partial charge in [-0.2, -0.15) is 13.2 Å². The van der Waals surface area contributed by atoms with E-state index in [1.165, 1.54) is 30.4 Å². The number of carbonyl (C=O) groups excluding carboxylic acids is 1. The van der Waals surface area contributed by atoms with Gasteiger partial charge in [-0.05, 0) is 11.4 Å². The topological polar surface area (TPSA) is 42.4 Å². The Balaban J connectivity index is 2.09. The van der Waals surface area contributed by atoms with Crippen molar-refractivity contribution in [3.05, 3.63) is 32.4 Å². The second kappa shape index (κ2) is 6.02. The molecule has 114 valence electrons. The van der Waals surface area contributed by atoms with E-state index in [-0.39, 0.29) is 17.5 Å². The number of hydrogen-bond donors (Lipinski definition) is 0. The number of rotatable bonds is 4. The average molecular weight is 336 g/mol. The summed E-state index contributed by atoms with van der Waals surface area (Å²) >= 11 is 2.09. The Morgan fingerprint density at radius 3 is 2.71 bits per heavy atom. The zero-order valence-corrected chi connectivity index (χ0v) is 12.7. The summed E-state index contributed by atoms with van der Waals surface area (Å²) in [5.74, 6) is 0.137. The number of alkyl halides is 3. The molecule has 0 radical (unpaired) electrons. The minimum absolute atomic E-state index is 0.0145. The molecule has 21 heavy (non-hydrogen) atoms. The van der Waals surface area contributed by atoms with Gasteiger partial charge in [0.1, 0.15) is 15.6 Å². The van der Waals surface area contributed by atoms with Gasteiger partial charge in [0, 0.05) is 12.4 Å². The maximum atomic E-state index is 12.5. The Labute approximate surface area is 126 Å². The Morgan fingerprint density at radius 1 is 1.43 bits per heavy atom. The minimum atomic E-state index is -4.46. The summed E-state index contributed by atoms with van der Waals surface area (Å²) in [4.78, 5) is 17.4. The van der Waals surface area contributed by atoms with E-state index in [1.54, 1.807) is 11.4 Å². The van der Waals surface area contributed by atoms with Crippen LogP contribution < -0.4 is 4.74 Å². The lowest BCUT2D eigenvalue weighted by molar-refractivity contribution is -0.140. The molecule has 0 bridgehead atoms. The van der Waals surface area contributed by atoms with Crippen LogP contribution in [-0.2, 0) is 12.7 Å². The first-order valence-electron chi connectivity index (χ1n) is 5.71. The van der Waals surface area contributed by atoms with E-state index >= 15 is 0 Å². The summed E-state index contributed by atoms with van der Waals surface area (Å²) < 4.78 is 42.5. The molecule has 0 atom stereocenters. The molecule has 0 unspecified atom stereocenters. The number of ether oxygens (including phenoxy) is 1. The number of carbonyl (C=O) groups is 1. The molecule has 0 aliphatic rings. The van der Waals surface area contributed by atoms with Crippen molar-refractivity contribution in [1.82, 2.24) is 9.88 Å². The summed E-state index contributed by atoms with van der Waals surface area (Å²) in [5, 5.41) is 2.89. The van der Waals surface area contributed by atoms with Crippen molar-refractivity contribution in [2.45, 2.75) is 12.7 Å². The SMILES string of the molecule is COc1ccsc1C(=O)N(C)Cc1nc(C(F)(F)F)cs1. The van der Waals surface area contributed by atoms with Gasteiger partial charge in [0.05, 0.1) is 13.7 Å². The van der Waals surface area contributed by atoms with Gasteiger partial charge in [-0.15, -0.1) is 22.7 Å². The first-order chi connectivity index (χ1) is 9.82. The number of hydrogen-bond acceptors (Lipinski definition) is 5. The van der Waals surface area contributed by atoms with Crippen LogP contribution in [0, 0.1) is 0 Å². The van der Waals surface area contributed by atoms with Crippen LogP contribution in [0.3, 0.4) is 0 Å². The molecule has 0 aliphatic carbocycles. The average Bonchev–Trinajstić information content (AvgIpc) is 3.05. The molecule has 0 spiro atoms. The second-order valence-corrected chi connectivity index (χ2v) is 5.96. The van der Waals surface area contributed by atoms with Crippen molar-refractivity contribution in [2.24, 2.45) is 0 Å². The van der Waals surface area contributed by atoms with E-state index in [4.69, 9.17) is 4.74 Å². The second-order valence-electron chi connectivity index (χ2n) is 4.10. The molecule has 2 rings (SSSR count). The van der Waals surface area contributed by atoms with E-state index in [0.29, 0.717) is 10.6 Å². The smallest absolute Gasteiger partial charge is 0.434 e. The van der Waals surface area contributed by atoms with Crippen molar-refractivity contribution >= 4 is 28.6 Å². The molecule has 0 saturated heterocycles. The molecule has 9 heteroatoms. The van der Waals surface area contributed by atoms with Crippen LogP contribution in [0.4, 0.5) is 13.2 Å². The van der Waals surface area contributed by atoms with Crippen LogP contribution in [-0.4, -0.2) is 29.9 Å².